The predicted molar refractivity (Wildman–Crippen MR) is 51.6 cm³/mol. The van der Waals surface area contributed by atoms with Crippen molar-refractivity contribution in [3.8, 4) is 0 Å². The molecule has 2 nitrogen and oxygen atoms in total. The third-order valence-corrected chi connectivity index (χ3v) is 1.58. The van der Waals surface area contributed by atoms with E-state index < -0.39 is 0 Å². The zero-order valence-corrected chi connectivity index (χ0v) is 8.77. The molecule has 0 aromatic rings. The molecule has 0 fully saturated rings. The van der Waals surface area contributed by atoms with Gasteiger partial charge in [0.25, 0.3) is 0 Å². The van der Waals surface area contributed by atoms with Gasteiger partial charge in [-0.05, 0) is 12.8 Å². The smallest absolute Gasteiger partial charge is 0.158 e. The maximum atomic E-state index is 5.59. The third kappa shape index (κ3) is 6.89. The van der Waals surface area contributed by atoms with Crippen molar-refractivity contribution < 1.29 is 9.47 Å². The summed E-state index contributed by atoms with van der Waals surface area (Å²) in [5.74, 6) is 0.595. The summed E-state index contributed by atoms with van der Waals surface area (Å²) in [6.45, 7) is 5.67. The lowest BCUT2D eigenvalue weighted by atomic mass is 10.4. The molecule has 0 aromatic carbocycles. The highest BCUT2D eigenvalue weighted by Gasteiger charge is 2.06. The van der Waals surface area contributed by atoms with Crippen molar-refractivity contribution >= 4 is 11.6 Å². The molecule has 0 aliphatic carbocycles. The second kappa shape index (κ2) is 9.30. The van der Waals surface area contributed by atoms with Gasteiger partial charge in [-0.2, -0.15) is 0 Å². The van der Waals surface area contributed by atoms with Gasteiger partial charge in [-0.25, -0.2) is 0 Å². The Kier molecular flexibility index (Phi) is 9.46. The second-order valence-corrected chi connectivity index (χ2v) is 3.03. The summed E-state index contributed by atoms with van der Waals surface area (Å²) in [5.41, 5.74) is 0. The van der Waals surface area contributed by atoms with E-state index >= 15 is 0 Å². The largest absolute Gasteiger partial charge is 0.353 e. The Bertz CT molecular complexity index is 80.6. The maximum Gasteiger partial charge on any atom is 0.158 e. The number of hydrogen-bond donors (Lipinski definition) is 0. The second-order valence-electron chi connectivity index (χ2n) is 2.65. The highest BCUT2D eigenvalue weighted by Crippen LogP contribution is 2.03. The Morgan fingerprint density at radius 1 is 1.08 bits per heavy atom. The molecule has 0 spiro atoms. The molecule has 0 aromatic heterocycles. The molecule has 3 heteroatoms. The fraction of sp³-hybridized carbons (Fsp3) is 1.00. The summed E-state index contributed by atoms with van der Waals surface area (Å²) in [7, 11) is 0. The van der Waals surface area contributed by atoms with Gasteiger partial charge in [-0.1, -0.05) is 13.8 Å². The van der Waals surface area contributed by atoms with E-state index in [0.29, 0.717) is 5.88 Å². The van der Waals surface area contributed by atoms with Crippen LogP contribution in [-0.2, 0) is 9.47 Å². The fourth-order valence-electron chi connectivity index (χ4n) is 0.802. The van der Waals surface area contributed by atoms with Crippen molar-refractivity contribution in [3.05, 3.63) is 0 Å². The topological polar surface area (TPSA) is 18.5 Å². The van der Waals surface area contributed by atoms with E-state index in [1.54, 1.807) is 0 Å². The van der Waals surface area contributed by atoms with Gasteiger partial charge in [0.15, 0.2) is 6.29 Å². The number of hydrogen-bond acceptors (Lipinski definition) is 2. The zero-order chi connectivity index (χ0) is 9.23. The molecule has 74 valence electrons. The average molecular weight is 195 g/mol. The van der Waals surface area contributed by atoms with Crippen LogP contribution in [0.25, 0.3) is 0 Å². The Morgan fingerprint density at radius 3 is 1.92 bits per heavy atom. The van der Waals surface area contributed by atoms with Crippen LogP contribution in [0, 0.1) is 0 Å². The van der Waals surface area contributed by atoms with Crippen molar-refractivity contribution in [2.45, 2.75) is 39.4 Å². The van der Waals surface area contributed by atoms with Crippen LogP contribution in [-0.4, -0.2) is 25.4 Å². The van der Waals surface area contributed by atoms with Crippen molar-refractivity contribution in [2.24, 2.45) is 0 Å². The van der Waals surface area contributed by atoms with E-state index in [1.165, 1.54) is 0 Å². The molecular formula is C9H19ClO2. The van der Waals surface area contributed by atoms with Gasteiger partial charge in [0.1, 0.15) is 0 Å². The summed E-state index contributed by atoms with van der Waals surface area (Å²) < 4.78 is 10.9. The van der Waals surface area contributed by atoms with E-state index in [4.69, 9.17) is 21.1 Å². The first-order valence-corrected chi connectivity index (χ1v) is 5.17. The summed E-state index contributed by atoms with van der Waals surface area (Å²) in [5, 5.41) is 0. The first-order chi connectivity index (χ1) is 5.85. The quantitative estimate of drug-likeness (QED) is 0.437. The van der Waals surface area contributed by atoms with Crippen LogP contribution in [0.3, 0.4) is 0 Å². The molecule has 0 rings (SSSR count). The van der Waals surface area contributed by atoms with Crippen molar-refractivity contribution in [2.75, 3.05) is 19.1 Å². The molecule has 0 aliphatic heterocycles. The highest BCUT2D eigenvalue weighted by molar-refractivity contribution is 6.17. The van der Waals surface area contributed by atoms with Gasteiger partial charge >= 0.3 is 0 Å². The van der Waals surface area contributed by atoms with Gasteiger partial charge in [0.05, 0.1) is 0 Å². The minimum absolute atomic E-state index is 0.0950. The minimum Gasteiger partial charge on any atom is -0.353 e. The molecular weight excluding hydrogens is 176 g/mol. The summed E-state index contributed by atoms with van der Waals surface area (Å²) in [4.78, 5) is 0. The molecule has 0 N–H and O–H groups in total. The lowest BCUT2D eigenvalue weighted by molar-refractivity contribution is -0.142. The summed E-state index contributed by atoms with van der Waals surface area (Å²) in [6, 6.07) is 0. The zero-order valence-electron chi connectivity index (χ0n) is 8.01. The summed E-state index contributed by atoms with van der Waals surface area (Å²) in [6.07, 6.45) is 2.73. The monoisotopic (exact) mass is 194 g/mol. The van der Waals surface area contributed by atoms with E-state index in [2.05, 4.69) is 13.8 Å². The van der Waals surface area contributed by atoms with Crippen LogP contribution in [0.1, 0.15) is 33.1 Å². The van der Waals surface area contributed by atoms with E-state index in [9.17, 15) is 0 Å². The van der Waals surface area contributed by atoms with E-state index in [1.807, 2.05) is 0 Å². The normalized spacial score (nSPS) is 11.0. The standard InChI is InChI=1S/C9H19ClO2/c1-3-7-11-9(5-6-10)12-8-4-2/h9H,3-8H2,1-2H3. The first kappa shape index (κ1) is 12.2. The van der Waals surface area contributed by atoms with Gasteiger partial charge in [0, 0.05) is 25.5 Å². The van der Waals surface area contributed by atoms with Crippen LogP contribution < -0.4 is 0 Å². The van der Waals surface area contributed by atoms with Crippen molar-refractivity contribution in [1.29, 1.82) is 0 Å². The Hall–Kier alpha value is 0.210. The summed E-state index contributed by atoms with van der Waals surface area (Å²) >= 11 is 5.59. The molecule has 0 bridgehead atoms. The average Bonchev–Trinajstić information content (AvgIpc) is 2.10. The molecule has 0 saturated carbocycles. The molecule has 0 radical (unpaired) electrons. The molecule has 0 atom stereocenters. The number of halogens is 1. The molecule has 0 unspecified atom stereocenters. The van der Waals surface area contributed by atoms with Crippen LogP contribution in [0.4, 0.5) is 0 Å². The molecule has 0 amide bonds. The van der Waals surface area contributed by atoms with E-state index in [-0.39, 0.29) is 6.29 Å². The highest BCUT2D eigenvalue weighted by atomic mass is 35.5. The van der Waals surface area contributed by atoms with E-state index in [0.717, 1.165) is 32.5 Å². The number of rotatable bonds is 8. The van der Waals surface area contributed by atoms with Gasteiger partial charge in [0.2, 0.25) is 0 Å². The number of alkyl halides is 1. The van der Waals surface area contributed by atoms with Crippen LogP contribution >= 0.6 is 11.6 Å². The molecule has 0 aliphatic rings. The molecule has 0 saturated heterocycles. The molecule has 0 heterocycles. The lowest BCUT2D eigenvalue weighted by Crippen LogP contribution is -2.18. The van der Waals surface area contributed by atoms with Crippen LogP contribution in [0.5, 0.6) is 0 Å². The fourth-order valence-corrected chi connectivity index (χ4v) is 0.981. The Morgan fingerprint density at radius 2 is 1.58 bits per heavy atom. The Balaban J connectivity index is 3.40. The van der Waals surface area contributed by atoms with Crippen molar-refractivity contribution in [1.82, 2.24) is 0 Å². The number of ether oxygens (including phenoxy) is 2. The van der Waals surface area contributed by atoms with Gasteiger partial charge in [-0.15, -0.1) is 11.6 Å². The van der Waals surface area contributed by atoms with Gasteiger partial charge in [-0.3, -0.25) is 0 Å². The lowest BCUT2D eigenvalue weighted by Gasteiger charge is -2.16. The van der Waals surface area contributed by atoms with Gasteiger partial charge < -0.3 is 9.47 Å². The molecule has 12 heavy (non-hydrogen) atoms. The van der Waals surface area contributed by atoms with Crippen molar-refractivity contribution in [3.63, 3.8) is 0 Å². The first-order valence-electron chi connectivity index (χ1n) is 4.64. The minimum atomic E-state index is -0.0950. The Labute approximate surface area is 80.2 Å². The van der Waals surface area contributed by atoms with Crippen LogP contribution in [0.2, 0.25) is 0 Å². The SMILES string of the molecule is CCCOC(CCCl)OCCC. The third-order valence-electron chi connectivity index (χ3n) is 1.36. The maximum absolute atomic E-state index is 5.59. The van der Waals surface area contributed by atoms with Crippen LogP contribution in [0.15, 0.2) is 0 Å². The predicted octanol–water partition coefficient (Wildman–Crippen LogP) is 2.79.